The molecule has 1 saturated carbocycles. The summed E-state index contributed by atoms with van der Waals surface area (Å²) in [4.78, 5) is 40.9. The Morgan fingerprint density at radius 2 is 1.65 bits per heavy atom. The molecule has 0 unspecified atom stereocenters. The van der Waals surface area contributed by atoms with Crippen LogP contribution in [0.2, 0.25) is 0 Å². The summed E-state index contributed by atoms with van der Waals surface area (Å²) in [5, 5.41) is 7.61. The molecule has 3 rings (SSSR count). The van der Waals surface area contributed by atoms with E-state index in [0.717, 1.165) is 29.9 Å². The quantitative estimate of drug-likeness (QED) is 0.290. The van der Waals surface area contributed by atoms with Crippen molar-refractivity contribution in [2.75, 3.05) is 37.0 Å². The molecule has 236 valence electrons. The van der Waals surface area contributed by atoms with E-state index in [1.807, 2.05) is 6.26 Å². The Labute approximate surface area is 254 Å². The number of benzene rings is 2. The standard InChI is InChI=1S/C29H37F3N4O5S2/c1-4-36(5-2)28(39)35-25-15-10-20(29(30,31)32)16-23(25)27(38)33-17-26(37)34-24-9-7-6-8-19(24)18-43(40,41)22-13-11-21(42-3)12-14-22/h10-16,19,24H,4-9,17-18H2,1-3H3,(H,33,38)(H,34,37)(H,35,39)/t19-,24-/m0/s1. The number of amides is 4. The zero-order valence-corrected chi connectivity index (χ0v) is 25.9. The van der Waals surface area contributed by atoms with Gasteiger partial charge in [0.15, 0.2) is 9.84 Å². The van der Waals surface area contributed by atoms with Gasteiger partial charge in [-0.1, -0.05) is 12.8 Å². The van der Waals surface area contributed by atoms with Crippen LogP contribution in [0.25, 0.3) is 0 Å². The van der Waals surface area contributed by atoms with E-state index >= 15 is 0 Å². The van der Waals surface area contributed by atoms with Crippen molar-refractivity contribution in [2.45, 2.75) is 61.5 Å². The van der Waals surface area contributed by atoms with Crippen molar-refractivity contribution >= 4 is 45.1 Å². The molecule has 9 nitrogen and oxygen atoms in total. The van der Waals surface area contributed by atoms with Gasteiger partial charge in [-0.2, -0.15) is 13.2 Å². The predicted octanol–water partition coefficient (Wildman–Crippen LogP) is 5.18. The van der Waals surface area contributed by atoms with E-state index in [4.69, 9.17) is 0 Å². The molecule has 2 atom stereocenters. The number of carbonyl (C=O) groups excluding carboxylic acids is 3. The first-order valence-electron chi connectivity index (χ1n) is 14.0. The Morgan fingerprint density at radius 1 is 1.00 bits per heavy atom. The monoisotopic (exact) mass is 642 g/mol. The van der Waals surface area contributed by atoms with Gasteiger partial charge in [0.05, 0.1) is 34.0 Å². The van der Waals surface area contributed by atoms with Crippen LogP contribution in [0.4, 0.5) is 23.7 Å². The van der Waals surface area contributed by atoms with Gasteiger partial charge in [0.25, 0.3) is 5.91 Å². The number of rotatable bonds is 11. The summed E-state index contributed by atoms with van der Waals surface area (Å²) in [5.74, 6) is -2.08. The number of halogens is 3. The van der Waals surface area contributed by atoms with Crippen molar-refractivity contribution in [3.63, 3.8) is 0 Å². The molecule has 0 spiro atoms. The number of carbonyl (C=O) groups is 3. The van der Waals surface area contributed by atoms with Crippen molar-refractivity contribution in [1.82, 2.24) is 15.5 Å². The summed E-state index contributed by atoms with van der Waals surface area (Å²) in [7, 11) is -3.62. The number of nitrogens with zero attached hydrogens (tertiary/aromatic N) is 1. The molecule has 0 bridgehead atoms. The fourth-order valence-electron chi connectivity index (χ4n) is 4.99. The van der Waals surface area contributed by atoms with E-state index in [2.05, 4.69) is 16.0 Å². The van der Waals surface area contributed by atoms with E-state index in [9.17, 15) is 36.0 Å². The van der Waals surface area contributed by atoms with Crippen molar-refractivity contribution in [3.8, 4) is 0 Å². The second-order valence-electron chi connectivity index (χ2n) is 10.2. The van der Waals surface area contributed by atoms with Crippen LogP contribution in [0, 0.1) is 5.92 Å². The van der Waals surface area contributed by atoms with E-state index in [1.54, 1.807) is 38.1 Å². The molecule has 1 aliphatic carbocycles. The van der Waals surface area contributed by atoms with Crippen LogP contribution in [0.15, 0.2) is 52.3 Å². The molecule has 2 aromatic carbocycles. The molecular weight excluding hydrogens is 605 g/mol. The lowest BCUT2D eigenvalue weighted by Gasteiger charge is -2.32. The molecule has 1 fully saturated rings. The minimum atomic E-state index is -4.73. The van der Waals surface area contributed by atoms with E-state index in [1.165, 1.54) is 16.7 Å². The Bertz CT molecular complexity index is 1400. The Kier molecular flexibility index (Phi) is 11.9. The number of anilines is 1. The van der Waals surface area contributed by atoms with Gasteiger partial charge in [-0.3, -0.25) is 9.59 Å². The maximum Gasteiger partial charge on any atom is 0.416 e. The van der Waals surface area contributed by atoms with Gasteiger partial charge in [0.2, 0.25) is 5.91 Å². The number of hydrogen-bond acceptors (Lipinski definition) is 6. The van der Waals surface area contributed by atoms with Gasteiger partial charge in [-0.25, -0.2) is 13.2 Å². The van der Waals surface area contributed by atoms with Gasteiger partial charge in [-0.05, 0) is 81.3 Å². The average Bonchev–Trinajstić information content (AvgIpc) is 2.97. The highest BCUT2D eigenvalue weighted by atomic mass is 32.2. The van der Waals surface area contributed by atoms with Gasteiger partial charge < -0.3 is 20.9 Å². The van der Waals surface area contributed by atoms with E-state index < -0.39 is 57.6 Å². The zero-order chi connectivity index (χ0) is 31.8. The molecule has 1 aliphatic rings. The van der Waals surface area contributed by atoms with Crippen molar-refractivity contribution in [1.29, 1.82) is 0 Å². The molecule has 0 radical (unpaired) electrons. The normalized spacial score (nSPS) is 17.2. The zero-order valence-electron chi connectivity index (χ0n) is 24.3. The second kappa shape index (κ2) is 15.0. The Balaban J connectivity index is 1.69. The molecule has 2 aromatic rings. The van der Waals surface area contributed by atoms with E-state index in [0.29, 0.717) is 32.0 Å². The summed E-state index contributed by atoms with van der Waals surface area (Å²) in [5.41, 5.74) is -1.67. The maximum atomic E-state index is 13.4. The highest BCUT2D eigenvalue weighted by molar-refractivity contribution is 7.98. The van der Waals surface area contributed by atoms with Crippen molar-refractivity contribution < 1.29 is 36.0 Å². The number of hydrogen-bond donors (Lipinski definition) is 3. The third-order valence-corrected chi connectivity index (χ3v) is 10.0. The smallest absolute Gasteiger partial charge is 0.352 e. The van der Waals surface area contributed by atoms with Crippen LogP contribution in [0.3, 0.4) is 0 Å². The first-order valence-corrected chi connectivity index (χ1v) is 16.9. The van der Waals surface area contributed by atoms with Crippen LogP contribution < -0.4 is 16.0 Å². The summed E-state index contributed by atoms with van der Waals surface area (Å²) in [6, 6.07) is 7.97. The highest BCUT2D eigenvalue weighted by Gasteiger charge is 2.33. The average molecular weight is 643 g/mol. The number of thioether (sulfide) groups is 1. The third-order valence-electron chi connectivity index (χ3n) is 7.40. The molecule has 14 heteroatoms. The molecule has 3 N–H and O–H groups in total. The number of nitrogens with one attached hydrogen (secondary N) is 3. The van der Waals surface area contributed by atoms with Crippen LogP contribution >= 0.6 is 11.8 Å². The largest absolute Gasteiger partial charge is 0.416 e. The lowest BCUT2D eigenvalue weighted by atomic mass is 9.86. The molecule has 0 aromatic heterocycles. The Hall–Kier alpha value is -3.26. The molecule has 0 heterocycles. The van der Waals surface area contributed by atoms with Crippen LogP contribution in [0.5, 0.6) is 0 Å². The van der Waals surface area contributed by atoms with Gasteiger partial charge >= 0.3 is 12.2 Å². The molecule has 43 heavy (non-hydrogen) atoms. The number of urea groups is 1. The van der Waals surface area contributed by atoms with Crippen LogP contribution in [-0.4, -0.2) is 68.8 Å². The van der Waals surface area contributed by atoms with Crippen molar-refractivity contribution in [3.05, 3.63) is 53.6 Å². The minimum absolute atomic E-state index is 0.133. The topological polar surface area (TPSA) is 125 Å². The summed E-state index contributed by atoms with van der Waals surface area (Å²) < 4.78 is 66.4. The summed E-state index contributed by atoms with van der Waals surface area (Å²) >= 11 is 1.50. The number of alkyl halides is 3. The highest BCUT2D eigenvalue weighted by Crippen LogP contribution is 2.32. The lowest BCUT2D eigenvalue weighted by Crippen LogP contribution is -2.47. The fraction of sp³-hybridized carbons (Fsp3) is 0.483. The molecule has 0 aliphatic heterocycles. The minimum Gasteiger partial charge on any atom is -0.352 e. The van der Waals surface area contributed by atoms with Gasteiger partial charge in [-0.15, -0.1) is 11.8 Å². The predicted molar refractivity (Wildman–Crippen MR) is 160 cm³/mol. The van der Waals surface area contributed by atoms with Gasteiger partial charge in [0, 0.05) is 24.0 Å². The lowest BCUT2D eigenvalue weighted by molar-refractivity contribution is -0.137. The molecule has 4 amide bonds. The number of sulfone groups is 1. The van der Waals surface area contributed by atoms with Crippen LogP contribution in [-0.2, 0) is 20.8 Å². The Morgan fingerprint density at radius 3 is 2.26 bits per heavy atom. The first-order chi connectivity index (χ1) is 20.3. The molecule has 0 saturated heterocycles. The summed E-state index contributed by atoms with van der Waals surface area (Å²) in [6.45, 7) is 3.61. The summed E-state index contributed by atoms with van der Waals surface area (Å²) in [6.07, 6.45) is -0.0890. The van der Waals surface area contributed by atoms with Crippen molar-refractivity contribution in [2.24, 2.45) is 5.92 Å². The first kappa shape index (κ1) is 34.2. The fourth-order valence-corrected chi connectivity index (χ4v) is 7.11. The van der Waals surface area contributed by atoms with Crippen LogP contribution in [0.1, 0.15) is 55.5 Å². The SMILES string of the molecule is CCN(CC)C(=O)Nc1ccc(C(F)(F)F)cc1C(=O)NCC(=O)N[C@H]1CCCC[C@H]1CS(=O)(=O)c1ccc(SC)cc1. The molecular formula is C29H37F3N4O5S2. The maximum absolute atomic E-state index is 13.4. The van der Waals surface area contributed by atoms with Gasteiger partial charge in [0.1, 0.15) is 0 Å². The third kappa shape index (κ3) is 9.36. The second-order valence-corrected chi connectivity index (χ2v) is 13.1. The van der Waals surface area contributed by atoms with E-state index in [-0.39, 0.29) is 22.3 Å².